The van der Waals surface area contributed by atoms with Crippen molar-refractivity contribution in [2.75, 3.05) is 13.2 Å². The van der Waals surface area contributed by atoms with Crippen molar-refractivity contribution in [2.45, 2.75) is 0 Å². The molecular formula is C9H8O2. The summed E-state index contributed by atoms with van der Waals surface area (Å²) in [5, 5.41) is 0. The fourth-order valence-electron chi connectivity index (χ4n) is 1.06. The Hall–Kier alpha value is -1.18. The first-order chi connectivity index (χ1) is 5.36. The molecule has 0 aliphatic carbocycles. The van der Waals surface area contributed by atoms with Crippen LogP contribution in [0.3, 0.4) is 0 Å². The zero-order chi connectivity index (χ0) is 7.68. The first-order valence-corrected chi connectivity index (χ1v) is 3.51. The van der Waals surface area contributed by atoms with Gasteiger partial charge in [0.2, 0.25) is 0 Å². The Morgan fingerprint density at radius 1 is 1.09 bits per heavy atom. The molecule has 11 heavy (non-hydrogen) atoms. The third-order valence-corrected chi connectivity index (χ3v) is 1.57. The third-order valence-electron chi connectivity index (χ3n) is 1.57. The molecule has 0 atom stereocenters. The standard InChI is InChI=1S/C9H8O2/c1-7-2-3-8-9(6-7)11-5-4-10-8/h1-3,6H,4-5H2. The molecule has 0 spiro atoms. The van der Waals surface area contributed by atoms with Crippen LogP contribution in [0.4, 0.5) is 0 Å². The van der Waals surface area contributed by atoms with E-state index < -0.39 is 0 Å². The average Bonchev–Trinajstić information content (AvgIpc) is 2.04. The van der Waals surface area contributed by atoms with Crippen LogP contribution in [-0.2, 0) is 0 Å². The van der Waals surface area contributed by atoms with Crippen LogP contribution in [-0.4, -0.2) is 13.2 Å². The minimum Gasteiger partial charge on any atom is -0.486 e. The summed E-state index contributed by atoms with van der Waals surface area (Å²) in [5.74, 6) is 1.53. The number of benzene rings is 1. The molecule has 2 rings (SSSR count). The largest absolute Gasteiger partial charge is 0.486 e. The van der Waals surface area contributed by atoms with Crippen LogP contribution in [0.5, 0.6) is 11.5 Å². The van der Waals surface area contributed by atoms with Crippen molar-refractivity contribution in [2.24, 2.45) is 0 Å². The molecule has 0 unspecified atom stereocenters. The van der Waals surface area contributed by atoms with Crippen molar-refractivity contribution in [3.8, 4) is 11.5 Å². The maximum absolute atomic E-state index is 5.55. The smallest absolute Gasteiger partial charge is 0.161 e. The Labute approximate surface area is 65.7 Å². The molecule has 1 heterocycles. The van der Waals surface area contributed by atoms with Gasteiger partial charge < -0.3 is 9.47 Å². The van der Waals surface area contributed by atoms with E-state index in [-0.39, 0.29) is 0 Å². The average molecular weight is 148 g/mol. The Balaban J connectivity index is 2.43. The molecule has 2 nitrogen and oxygen atoms in total. The molecule has 0 bridgehead atoms. The van der Waals surface area contributed by atoms with E-state index in [2.05, 4.69) is 0 Å². The van der Waals surface area contributed by atoms with Gasteiger partial charge in [-0.3, -0.25) is 0 Å². The maximum Gasteiger partial charge on any atom is 0.161 e. The lowest BCUT2D eigenvalue weighted by molar-refractivity contribution is 0.171. The Morgan fingerprint density at radius 2 is 1.82 bits per heavy atom. The van der Waals surface area contributed by atoms with Gasteiger partial charge in [-0.15, -0.1) is 0 Å². The topological polar surface area (TPSA) is 18.5 Å². The fraction of sp³-hybridized carbons (Fsp3) is 0.222. The third kappa shape index (κ3) is 1.16. The van der Waals surface area contributed by atoms with Gasteiger partial charge in [0.05, 0.1) is 0 Å². The summed E-state index contributed by atoms with van der Waals surface area (Å²) in [6.45, 7) is 6.78. The summed E-state index contributed by atoms with van der Waals surface area (Å²) in [6, 6.07) is 5.39. The highest BCUT2D eigenvalue weighted by atomic mass is 16.6. The summed E-state index contributed by atoms with van der Waals surface area (Å²) in [6.07, 6.45) is 0. The van der Waals surface area contributed by atoms with Crippen LogP contribution in [0.15, 0.2) is 18.2 Å². The number of ether oxygens (including phenoxy) is 2. The van der Waals surface area contributed by atoms with Crippen LogP contribution in [0.25, 0.3) is 0 Å². The van der Waals surface area contributed by atoms with Gasteiger partial charge in [0, 0.05) is 0 Å². The highest BCUT2D eigenvalue weighted by Gasteiger charge is 2.09. The Morgan fingerprint density at radius 3 is 2.64 bits per heavy atom. The zero-order valence-electron chi connectivity index (χ0n) is 6.04. The van der Waals surface area contributed by atoms with E-state index in [1.807, 2.05) is 6.07 Å². The van der Waals surface area contributed by atoms with Gasteiger partial charge in [-0.05, 0) is 24.6 Å². The number of hydrogen-bond acceptors (Lipinski definition) is 2. The lowest BCUT2D eigenvalue weighted by Gasteiger charge is -2.18. The van der Waals surface area contributed by atoms with Gasteiger partial charge in [-0.25, -0.2) is 0 Å². The summed E-state index contributed by atoms with van der Waals surface area (Å²) in [4.78, 5) is 0. The highest BCUT2D eigenvalue weighted by molar-refractivity contribution is 5.44. The number of fused-ring (bicyclic) bond motifs is 1. The monoisotopic (exact) mass is 148 g/mol. The van der Waals surface area contributed by atoms with Crippen LogP contribution < -0.4 is 9.47 Å². The SMILES string of the molecule is [CH]c1ccc2c(c1)OCCO2. The Bertz CT molecular complexity index is 268. The first kappa shape index (κ1) is 6.53. The summed E-state index contributed by atoms with van der Waals surface area (Å²) in [7, 11) is 0. The van der Waals surface area contributed by atoms with Gasteiger partial charge in [0.1, 0.15) is 13.2 Å². The maximum atomic E-state index is 5.55. The molecule has 1 aromatic rings. The van der Waals surface area contributed by atoms with Crippen molar-refractivity contribution < 1.29 is 9.47 Å². The highest BCUT2D eigenvalue weighted by Crippen LogP contribution is 2.30. The number of hydrogen-bond donors (Lipinski definition) is 0. The molecule has 2 radical (unpaired) electrons. The van der Waals surface area contributed by atoms with E-state index >= 15 is 0 Å². The van der Waals surface area contributed by atoms with Crippen molar-refractivity contribution in [1.82, 2.24) is 0 Å². The fourth-order valence-corrected chi connectivity index (χ4v) is 1.06. The van der Waals surface area contributed by atoms with Crippen LogP contribution >= 0.6 is 0 Å². The number of rotatable bonds is 0. The van der Waals surface area contributed by atoms with E-state index in [1.165, 1.54) is 0 Å². The van der Waals surface area contributed by atoms with Gasteiger partial charge in [-0.2, -0.15) is 0 Å². The lowest BCUT2D eigenvalue weighted by Crippen LogP contribution is -2.15. The lowest BCUT2D eigenvalue weighted by atomic mass is 10.2. The second kappa shape index (κ2) is 2.46. The molecule has 1 aliphatic heterocycles. The van der Waals surface area contributed by atoms with Crippen LogP contribution in [0.2, 0.25) is 0 Å². The predicted octanol–water partition coefficient (Wildman–Crippen LogP) is 1.52. The van der Waals surface area contributed by atoms with Crippen molar-refractivity contribution in [1.29, 1.82) is 0 Å². The van der Waals surface area contributed by atoms with E-state index in [9.17, 15) is 0 Å². The Kier molecular flexibility index (Phi) is 1.46. The van der Waals surface area contributed by atoms with E-state index in [0.717, 1.165) is 11.5 Å². The van der Waals surface area contributed by atoms with Crippen molar-refractivity contribution in [3.63, 3.8) is 0 Å². The van der Waals surface area contributed by atoms with Crippen molar-refractivity contribution >= 4 is 0 Å². The van der Waals surface area contributed by atoms with Gasteiger partial charge >= 0.3 is 0 Å². The molecule has 0 fully saturated rings. The summed E-state index contributed by atoms with van der Waals surface area (Å²) in [5.41, 5.74) is 0.703. The summed E-state index contributed by atoms with van der Waals surface area (Å²) < 4.78 is 10.6. The molecular weight excluding hydrogens is 140 g/mol. The molecule has 0 saturated carbocycles. The van der Waals surface area contributed by atoms with Gasteiger partial charge in [-0.1, -0.05) is 6.07 Å². The molecule has 1 aromatic carbocycles. The molecule has 2 heteroatoms. The zero-order valence-corrected chi connectivity index (χ0v) is 6.04. The molecule has 1 aliphatic rings. The van der Waals surface area contributed by atoms with Crippen LogP contribution in [0, 0.1) is 6.92 Å². The second-order valence-electron chi connectivity index (χ2n) is 2.40. The minimum atomic E-state index is 0.608. The van der Waals surface area contributed by atoms with Crippen LogP contribution in [0.1, 0.15) is 5.56 Å². The summed E-state index contributed by atoms with van der Waals surface area (Å²) >= 11 is 0. The van der Waals surface area contributed by atoms with E-state index in [0.29, 0.717) is 18.8 Å². The van der Waals surface area contributed by atoms with Crippen molar-refractivity contribution in [3.05, 3.63) is 30.7 Å². The van der Waals surface area contributed by atoms with E-state index in [1.54, 1.807) is 12.1 Å². The molecule has 0 aromatic heterocycles. The molecule has 56 valence electrons. The quantitative estimate of drug-likeness (QED) is 0.555. The normalized spacial score (nSPS) is 14.6. The second-order valence-corrected chi connectivity index (χ2v) is 2.40. The predicted molar refractivity (Wildman–Crippen MR) is 40.8 cm³/mol. The van der Waals surface area contributed by atoms with Gasteiger partial charge in [0.15, 0.2) is 11.5 Å². The molecule has 0 N–H and O–H groups in total. The molecule has 0 amide bonds. The van der Waals surface area contributed by atoms with Gasteiger partial charge in [0.25, 0.3) is 0 Å². The van der Waals surface area contributed by atoms with E-state index in [4.69, 9.17) is 16.4 Å². The minimum absolute atomic E-state index is 0.608. The molecule has 0 saturated heterocycles. The first-order valence-electron chi connectivity index (χ1n) is 3.51.